The highest BCUT2D eigenvalue weighted by atomic mass is 15.2. The van der Waals surface area contributed by atoms with E-state index in [9.17, 15) is 0 Å². The molecule has 0 bridgehead atoms. The minimum atomic E-state index is 0.330. The lowest BCUT2D eigenvalue weighted by atomic mass is 9.84. The van der Waals surface area contributed by atoms with Crippen LogP contribution in [-0.4, -0.2) is 30.1 Å². The Morgan fingerprint density at radius 1 is 1.32 bits per heavy atom. The third-order valence-electron chi connectivity index (χ3n) is 4.29. The Labute approximate surface area is 115 Å². The third kappa shape index (κ3) is 3.28. The van der Waals surface area contributed by atoms with Crippen molar-refractivity contribution in [3.05, 3.63) is 6.07 Å². The summed E-state index contributed by atoms with van der Waals surface area (Å²) in [6.45, 7) is 2.29. The summed E-state index contributed by atoms with van der Waals surface area (Å²) in [5, 5.41) is 3.02. The lowest BCUT2D eigenvalue weighted by molar-refractivity contribution is 0.313. The Kier molecular flexibility index (Phi) is 4.45. The van der Waals surface area contributed by atoms with Crippen LogP contribution in [0.25, 0.3) is 0 Å². The monoisotopic (exact) mass is 263 g/mol. The molecule has 1 saturated carbocycles. The zero-order valence-electron chi connectivity index (χ0n) is 12.2. The van der Waals surface area contributed by atoms with Gasteiger partial charge < -0.3 is 16.0 Å². The van der Waals surface area contributed by atoms with E-state index in [1.807, 2.05) is 13.1 Å². The highest BCUT2D eigenvalue weighted by Crippen LogP contribution is 2.31. The highest BCUT2D eigenvalue weighted by molar-refractivity contribution is 5.52. The second-order valence-electron chi connectivity index (χ2n) is 5.41. The van der Waals surface area contributed by atoms with Crippen LogP contribution < -0.4 is 16.0 Å². The Morgan fingerprint density at radius 2 is 2.00 bits per heavy atom. The Balaban J connectivity index is 2.07. The van der Waals surface area contributed by atoms with E-state index in [0.717, 1.165) is 17.6 Å². The zero-order chi connectivity index (χ0) is 13.8. The summed E-state index contributed by atoms with van der Waals surface area (Å²) < 4.78 is 0. The van der Waals surface area contributed by atoms with Crippen molar-refractivity contribution in [2.45, 2.75) is 45.1 Å². The number of nitrogen functional groups attached to an aromatic ring is 1. The molecule has 0 saturated heterocycles. The molecule has 1 aromatic rings. The second kappa shape index (κ2) is 6.08. The van der Waals surface area contributed by atoms with Crippen LogP contribution in [0, 0.1) is 5.92 Å². The number of nitrogens with two attached hydrogens (primary N) is 1. The predicted octanol–water partition coefficient (Wildman–Crippen LogP) is 2.51. The fraction of sp³-hybridized carbons (Fsp3) is 0.714. The summed E-state index contributed by atoms with van der Waals surface area (Å²) in [5.74, 6) is 2.93. The number of hydrogen-bond acceptors (Lipinski definition) is 5. The lowest BCUT2D eigenvalue weighted by Crippen LogP contribution is -2.35. The molecule has 5 nitrogen and oxygen atoms in total. The number of nitrogens with zero attached hydrogens (tertiary/aromatic N) is 3. The zero-order valence-corrected chi connectivity index (χ0v) is 12.2. The van der Waals surface area contributed by atoms with Crippen molar-refractivity contribution in [2.24, 2.45) is 5.92 Å². The average molecular weight is 263 g/mol. The van der Waals surface area contributed by atoms with Crippen molar-refractivity contribution in [2.75, 3.05) is 30.0 Å². The van der Waals surface area contributed by atoms with Crippen LogP contribution in [0.3, 0.4) is 0 Å². The minimum absolute atomic E-state index is 0.330. The molecule has 0 aromatic carbocycles. The molecular weight excluding hydrogens is 238 g/mol. The van der Waals surface area contributed by atoms with Crippen LogP contribution in [0.15, 0.2) is 6.07 Å². The fourth-order valence-corrected chi connectivity index (χ4v) is 2.89. The van der Waals surface area contributed by atoms with Crippen molar-refractivity contribution in [3.63, 3.8) is 0 Å². The van der Waals surface area contributed by atoms with E-state index in [-0.39, 0.29) is 0 Å². The van der Waals surface area contributed by atoms with Gasteiger partial charge in [-0.15, -0.1) is 0 Å². The molecule has 0 amide bonds. The summed E-state index contributed by atoms with van der Waals surface area (Å²) >= 11 is 0. The summed E-state index contributed by atoms with van der Waals surface area (Å²) in [4.78, 5) is 10.7. The molecule has 0 radical (unpaired) electrons. The Morgan fingerprint density at radius 3 is 2.58 bits per heavy atom. The van der Waals surface area contributed by atoms with Crippen LogP contribution in [0.2, 0.25) is 0 Å². The smallest absolute Gasteiger partial charge is 0.223 e. The minimum Gasteiger partial charge on any atom is -0.373 e. The largest absolute Gasteiger partial charge is 0.373 e. The molecule has 0 spiro atoms. The Bertz CT molecular complexity index is 412. The maximum atomic E-state index is 5.76. The molecule has 19 heavy (non-hydrogen) atoms. The van der Waals surface area contributed by atoms with Crippen molar-refractivity contribution in [1.29, 1.82) is 0 Å². The predicted molar refractivity (Wildman–Crippen MR) is 80.4 cm³/mol. The average Bonchev–Trinajstić information content (AvgIpc) is 2.46. The van der Waals surface area contributed by atoms with Crippen LogP contribution >= 0.6 is 0 Å². The molecule has 1 heterocycles. The van der Waals surface area contributed by atoms with Crippen LogP contribution in [0.1, 0.15) is 39.0 Å². The second-order valence-corrected chi connectivity index (χ2v) is 5.41. The lowest BCUT2D eigenvalue weighted by Gasteiger charge is -2.35. The number of aromatic nitrogens is 2. The maximum Gasteiger partial charge on any atom is 0.223 e. The molecule has 2 rings (SSSR count). The molecule has 1 fully saturated rings. The first-order chi connectivity index (χ1) is 9.13. The van der Waals surface area contributed by atoms with E-state index in [2.05, 4.69) is 34.2 Å². The molecule has 0 atom stereocenters. The van der Waals surface area contributed by atoms with Crippen molar-refractivity contribution >= 4 is 17.6 Å². The molecule has 0 aliphatic heterocycles. The molecule has 5 heteroatoms. The maximum absolute atomic E-state index is 5.76. The van der Waals surface area contributed by atoms with Gasteiger partial charge in [0.25, 0.3) is 0 Å². The number of rotatable bonds is 4. The number of nitrogens with one attached hydrogen (secondary N) is 1. The first-order valence-electron chi connectivity index (χ1n) is 7.19. The van der Waals surface area contributed by atoms with Crippen molar-refractivity contribution < 1.29 is 0 Å². The van der Waals surface area contributed by atoms with Crippen LogP contribution in [-0.2, 0) is 0 Å². The molecule has 0 unspecified atom stereocenters. The van der Waals surface area contributed by atoms with E-state index in [0.29, 0.717) is 12.0 Å². The van der Waals surface area contributed by atoms with Gasteiger partial charge in [0, 0.05) is 26.2 Å². The number of hydrogen-bond donors (Lipinski definition) is 2. The quantitative estimate of drug-likeness (QED) is 0.873. The topological polar surface area (TPSA) is 67.1 Å². The number of anilines is 3. The highest BCUT2D eigenvalue weighted by Gasteiger charge is 2.24. The molecule has 1 aliphatic carbocycles. The standard InChI is InChI=1S/C14H25N5/c1-4-10-5-7-11(8-6-10)19(3)13-9-12(16-2)17-14(15)18-13/h9-11H,4-8H2,1-3H3,(H3,15,16,17,18). The normalized spacial score (nSPS) is 23.1. The Hall–Kier alpha value is -1.52. The van der Waals surface area contributed by atoms with E-state index in [1.165, 1.54) is 32.1 Å². The first-order valence-corrected chi connectivity index (χ1v) is 7.19. The van der Waals surface area contributed by atoms with E-state index in [1.54, 1.807) is 0 Å². The summed E-state index contributed by atoms with van der Waals surface area (Å²) in [6.07, 6.45) is 6.44. The van der Waals surface area contributed by atoms with Crippen LogP contribution in [0.4, 0.5) is 17.6 Å². The SMILES string of the molecule is CCC1CCC(N(C)c2cc(NC)nc(N)n2)CC1. The summed E-state index contributed by atoms with van der Waals surface area (Å²) in [7, 11) is 3.95. The van der Waals surface area contributed by atoms with Gasteiger partial charge in [-0.05, 0) is 31.6 Å². The van der Waals surface area contributed by atoms with E-state index >= 15 is 0 Å². The van der Waals surface area contributed by atoms with Gasteiger partial charge in [-0.25, -0.2) is 0 Å². The van der Waals surface area contributed by atoms with Gasteiger partial charge in [-0.2, -0.15) is 9.97 Å². The molecule has 1 aromatic heterocycles. The summed E-state index contributed by atoms with van der Waals surface area (Å²) in [6, 6.07) is 2.53. The third-order valence-corrected chi connectivity index (χ3v) is 4.29. The van der Waals surface area contributed by atoms with E-state index in [4.69, 9.17) is 5.73 Å². The molecular formula is C14H25N5. The van der Waals surface area contributed by atoms with Gasteiger partial charge in [0.15, 0.2) is 0 Å². The van der Waals surface area contributed by atoms with Gasteiger partial charge in [-0.3, -0.25) is 0 Å². The molecule has 1 aliphatic rings. The van der Waals surface area contributed by atoms with Gasteiger partial charge in [0.05, 0.1) is 0 Å². The van der Waals surface area contributed by atoms with Crippen molar-refractivity contribution in [1.82, 2.24) is 9.97 Å². The molecule has 106 valence electrons. The van der Waals surface area contributed by atoms with Gasteiger partial charge in [-0.1, -0.05) is 13.3 Å². The van der Waals surface area contributed by atoms with E-state index < -0.39 is 0 Å². The van der Waals surface area contributed by atoms with Gasteiger partial charge in [0.1, 0.15) is 11.6 Å². The fourth-order valence-electron chi connectivity index (χ4n) is 2.89. The summed E-state index contributed by atoms with van der Waals surface area (Å²) in [5.41, 5.74) is 5.76. The van der Waals surface area contributed by atoms with Gasteiger partial charge in [0.2, 0.25) is 5.95 Å². The molecule has 3 N–H and O–H groups in total. The van der Waals surface area contributed by atoms with Gasteiger partial charge >= 0.3 is 0 Å². The first kappa shape index (κ1) is 13.9. The van der Waals surface area contributed by atoms with Crippen molar-refractivity contribution in [3.8, 4) is 0 Å². The van der Waals surface area contributed by atoms with Crippen LogP contribution in [0.5, 0.6) is 0 Å².